The molecule has 0 amide bonds. The zero-order chi connectivity index (χ0) is 16.8. The predicted molar refractivity (Wildman–Crippen MR) is 87.1 cm³/mol. The van der Waals surface area contributed by atoms with Crippen molar-refractivity contribution < 1.29 is 20.1 Å². The van der Waals surface area contributed by atoms with Crippen LogP contribution in [0, 0.1) is 0 Å². The molecule has 2 atom stereocenters. The lowest BCUT2D eigenvalue weighted by atomic mass is 9.96. The third kappa shape index (κ3) is 4.09. The van der Waals surface area contributed by atoms with Crippen molar-refractivity contribution in [2.45, 2.75) is 32.1 Å². The first-order chi connectivity index (χ1) is 11.0. The molecule has 5 heteroatoms. The monoisotopic (exact) mass is 315 g/mol. The number of aliphatic hydroxyl groups excluding tert-OH is 2. The molecule has 0 aromatic heterocycles. The number of allylic oxidation sites excluding steroid dienone is 3. The van der Waals surface area contributed by atoms with Gasteiger partial charge in [-0.3, -0.25) is 4.79 Å². The van der Waals surface area contributed by atoms with Gasteiger partial charge in [0.15, 0.2) is 0 Å². The quantitative estimate of drug-likeness (QED) is 0.752. The van der Waals surface area contributed by atoms with Gasteiger partial charge in [0.25, 0.3) is 0 Å². The molecule has 0 saturated heterocycles. The minimum absolute atomic E-state index is 0.403. The number of carbonyl (C=O) groups is 1. The molecule has 1 aliphatic heterocycles. The molecular formula is C18H21NO4. The van der Waals surface area contributed by atoms with Crippen LogP contribution in [0.3, 0.4) is 0 Å². The summed E-state index contributed by atoms with van der Waals surface area (Å²) in [6, 6.07) is 9.25. The van der Waals surface area contributed by atoms with Crippen molar-refractivity contribution in [1.29, 1.82) is 0 Å². The van der Waals surface area contributed by atoms with E-state index >= 15 is 0 Å². The van der Waals surface area contributed by atoms with Crippen LogP contribution < -0.4 is 0 Å². The molecule has 0 fully saturated rings. The fourth-order valence-electron chi connectivity index (χ4n) is 2.59. The van der Waals surface area contributed by atoms with E-state index in [1.165, 1.54) is 4.90 Å². The van der Waals surface area contributed by atoms with Crippen molar-refractivity contribution >= 4 is 5.97 Å². The van der Waals surface area contributed by atoms with Gasteiger partial charge in [0.2, 0.25) is 0 Å². The van der Waals surface area contributed by atoms with E-state index in [1.54, 1.807) is 24.4 Å². The second kappa shape index (κ2) is 7.76. The Bertz CT molecular complexity index is 634. The molecule has 23 heavy (non-hydrogen) atoms. The van der Waals surface area contributed by atoms with Gasteiger partial charge in [0.05, 0.1) is 6.42 Å². The Balaban J connectivity index is 2.38. The van der Waals surface area contributed by atoms with Crippen molar-refractivity contribution in [2.75, 3.05) is 0 Å². The molecule has 0 aliphatic carbocycles. The Kier molecular flexibility index (Phi) is 5.73. The minimum Gasteiger partial charge on any atom is -0.481 e. The van der Waals surface area contributed by atoms with E-state index in [0.29, 0.717) is 12.1 Å². The number of rotatable bonds is 6. The number of benzene rings is 1. The van der Waals surface area contributed by atoms with Crippen LogP contribution in [-0.4, -0.2) is 32.4 Å². The molecule has 1 heterocycles. The van der Waals surface area contributed by atoms with E-state index in [0.717, 1.165) is 11.1 Å². The van der Waals surface area contributed by atoms with Crippen LogP contribution in [0.4, 0.5) is 0 Å². The number of hydrogen-bond acceptors (Lipinski definition) is 4. The van der Waals surface area contributed by atoms with E-state index in [-0.39, 0.29) is 0 Å². The van der Waals surface area contributed by atoms with Crippen molar-refractivity contribution in [2.24, 2.45) is 0 Å². The molecule has 3 N–H and O–H groups in total. The first-order valence-electron chi connectivity index (χ1n) is 7.53. The summed E-state index contributed by atoms with van der Waals surface area (Å²) in [5.74, 6) is -1.08. The van der Waals surface area contributed by atoms with E-state index < -0.39 is 24.7 Å². The van der Waals surface area contributed by atoms with Gasteiger partial charge >= 0.3 is 5.97 Å². The highest BCUT2D eigenvalue weighted by Crippen LogP contribution is 2.31. The third-order valence-corrected chi connectivity index (χ3v) is 3.72. The summed E-state index contributed by atoms with van der Waals surface area (Å²) in [7, 11) is 0. The maximum atomic E-state index is 10.9. The standard InChI is InChI=1S/C18H21NO4/c1-2-14(18(23)13-8-4-3-5-9-13)15-10-6-7-11-19(15)16(20)12-17(21)22/h3-11,16,18,20,23H,2,12H2,1H3,(H,21,22)/b15-14+. The largest absolute Gasteiger partial charge is 0.481 e. The molecule has 0 saturated carbocycles. The zero-order valence-corrected chi connectivity index (χ0v) is 13.0. The van der Waals surface area contributed by atoms with Crippen LogP contribution in [-0.2, 0) is 4.79 Å². The molecule has 2 rings (SSSR count). The third-order valence-electron chi connectivity index (χ3n) is 3.72. The lowest BCUT2D eigenvalue weighted by molar-refractivity contribution is -0.141. The normalized spacial score (nSPS) is 18.7. The Morgan fingerprint density at radius 3 is 2.48 bits per heavy atom. The number of carboxylic acid groups (broad SMARTS) is 1. The molecule has 0 radical (unpaired) electrons. The molecule has 1 aromatic rings. The average Bonchev–Trinajstić information content (AvgIpc) is 2.56. The topological polar surface area (TPSA) is 81.0 Å². The number of hydrogen-bond donors (Lipinski definition) is 3. The molecular weight excluding hydrogens is 294 g/mol. The van der Waals surface area contributed by atoms with E-state index in [9.17, 15) is 15.0 Å². The number of nitrogens with zero attached hydrogens (tertiary/aromatic N) is 1. The Hall–Kier alpha value is -2.37. The summed E-state index contributed by atoms with van der Waals surface area (Å²) in [4.78, 5) is 12.3. The first kappa shape index (κ1) is 17.0. The fraction of sp³-hybridized carbons (Fsp3) is 0.278. The van der Waals surface area contributed by atoms with E-state index in [4.69, 9.17) is 5.11 Å². The smallest absolute Gasteiger partial charge is 0.307 e. The number of carboxylic acids is 1. The molecule has 0 spiro atoms. The summed E-state index contributed by atoms with van der Waals surface area (Å²) in [6.45, 7) is 1.92. The van der Waals surface area contributed by atoms with Gasteiger partial charge in [-0.2, -0.15) is 0 Å². The minimum atomic E-state index is -1.19. The van der Waals surface area contributed by atoms with Crippen LogP contribution in [0.15, 0.2) is 66.0 Å². The molecule has 1 aromatic carbocycles. The Morgan fingerprint density at radius 2 is 1.87 bits per heavy atom. The van der Waals surface area contributed by atoms with E-state index in [2.05, 4.69) is 0 Å². The molecule has 122 valence electrons. The lowest BCUT2D eigenvalue weighted by Gasteiger charge is -2.31. The number of aliphatic carboxylic acids is 1. The highest BCUT2D eigenvalue weighted by atomic mass is 16.4. The molecule has 5 nitrogen and oxygen atoms in total. The Morgan fingerprint density at radius 1 is 1.17 bits per heavy atom. The summed E-state index contributed by atoms with van der Waals surface area (Å²) in [6.07, 6.45) is 5.08. The average molecular weight is 315 g/mol. The van der Waals surface area contributed by atoms with Crippen LogP contribution in [0.1, 0.15) is 31.4 Å². The number of aliphatic hydroxyl groups is 2. The molecule has 2 unspecified atom stereocenters. The predicted octanol–water partition coefficient (Wildman–Crippen LogP) is 2.56. The fourth-order valence-corrected chi connectivity index (χ4v) is 2.59. The van der Waals surface area contributed by atoms with Crippen LogP contribution in [0.2, 0.25) is 0 Å². The van der Waals surface area contributed by atoms with Gasteiger partial charge in [-0.05, 0) is 29.7 Å². The lowest BCUT2D eigenvalue weighted by Crippen LogP contribution is -2.33. The van der Waals surface area contributed by atoms with Gasteiger partial charge in [0, 0.05) is 11.9 Å². The maximum absolute atomic E-state index is 10.9. The summed E-state index contributed by atoms with van der Waals surface area (Å²) < 4.78 is 0. The zero-order valence-electron chi connectivity index (χ0n) is 13.0. The van der Waals surface area contributed by atoms with Crippen LogP contribution in [0.25, 0.3) is 0 Å². The van der Waals surface area contributed by atoms with Crippen molar-refractivity contribution in [3.63, 3.8) is 0 Å². The second-order valence-electron chi connectivity index (χ2n) is 5.26. The van der Waals surface area contributed by atoms with Crippen molar-refractivity contribution in [1.82, 2.24) is 4.90 Å². The summed E-state index contributed by atoms with van der Waals surface area (Å²) in [5, 5.41) is 29.7. The highest BCUT2D eigenvalue weighted by molar-refractivity contribution is 5.67. The van der Waals surface area contributed by atoms with Gasteiger partial charge in [-0.25, -0.2) is 0 Å². The van der Waals surface area contributed by atoms with Crippen molar-refractivity contribution in [3.8, 4) is 0 Å². The van der Waals surface area contributed by atoms with Gasteiger partial charge < -0.3 is 20.2 Å². The molecule has 1 aliphatic rings. The van der Waals surface area contributed by atoms with Gasteiger partial charge in [-0.1, -0.05) is 43.3 Å². The van der Waals surface area contributed by atoms with Crippen molar-refractivity contribution in [3.05, 3.63) is 71.6 Å². The van der Waals surface area contributed by atoms with Crippen LogP contribution in [0.5, 0.6) is 0 Å². The van der Waals surface area contributed by atoms with Crippen LogP contribution >= 0.6 is 0 Å². The first-order valence-corrected chi connectivity index (χ1v) is 7.53. The van der Waals surface area contributed by atoms with Gasteiger partial charge in [0.1, 0.15) is 12.3 Å². The maximum Gasteiger partial charge on any atom is 0.307 e. The Labute approximate surface area is 135 Å². The summed E-state index contributed by atoms with van der Waals surface area (Å²) in [5.41, 5.74) is 2.11. The van der Waals surface area contributed by atoms with Gasteiger partial charge in [-0.15, -0.1) is 0 Å². The van der Waals surface area contributed by atoms with E-state index in [1.807, 2.05) is 37.3 Å². The highest BCUT2D eigenvalue weighted by Gasteiger charge is 2.24. The second-order valence-corrected chi connectivity index (χ2v) is 5.26. The summed E-state index contributed by atoms with van der Waals surface area (Å²) >= 11 is 0. The molecule has 0 bridgehead atoms. The SMILES string of the molecule is CC/C(=C1/C=CC=CN1C(O)CC(=O)O)C(O)c1ccccc1.